The van der Waals surface area contributed by atoms with Crippen LogP contribution in [0.25, 0.3) is 21.7 Å². The second-order valence-corrected chi connectivity index (χ2v) is 8.28. The lowest BCUT2D eigenvalue weighted by atomic mass is 9.97. The Kier molecular flexibility index (Phi) is 4.18. The van der Waals surface area contributed by atoms with Crippen molar-refractivity contribution in [3.63, 3.8) is 0 Å². The fourth-order valence-electron chi connectivity index (χ4n) is 4.18. The van der Waals surface area contributed by atoms with Crippen LogP contribution in [0.15, 0.2) is 52.6 Å². The molecule has 1 saturated heterocycles. The zero-order valence-electron chi connectivity index (χ0n) is 15.3. The minimum atomic E-state index is -0.475. The Bertz CT molecular complexity index is 1120. The van der Waals surface area contributed by atoms with E-state index in [0.29, 0.717) is 37.2 Å². The van der Waals surface area contributed by atoms with Gasteiger partial charge in [0, 0.05) is 25.2 Å². The first-order chi connectivity index (χ1) is 13.6. The molecule has 142 valence electrons. The number of carbonyl (C=O) groups excluding carboxylic acids is 1. The highest BCUT2D eigenvalue weighted by atomic mass is 32.1. The number of benzene rings is 1. The number of fused-ring (bicyclic) bond motifs is 3. The van der Waals surface area contributed by atoms with Gasteiger partial charge in [-0.15, -0.1) is 11.3 Å². The second kappa shape index (κ2) is 6.72. The van der Waals surface area contributed by atoms with Crippen molar-refractivity contribution in [2.45, 2.75) is 25.5 Å². The Hall–Kier alpha value is -2.70. The molecule has 2 aliphatic rings. The fourth-order valence-corrected chi connectivity index (χ4v) is 5.20. The molecule has 28 heavy (non-hydrogen) atoms. The maximum Gasteiger partial charge on any atom is 0.258 e. The second-order valence-electron chi connectivity index (χ2n) is 7.36. The Morgan fingerprint density at radius 2 is 1.96 bits per heavy atom. The Balaban J connectivity index is 1.75. The van der Waals surface area contributed by atoms with Gasteiger partial charge in [-0.1, -0.05) is 30.3 Å². The van der Waals surface area contributed by atoms with E-state index in [4.69, 9.17) is 0 Å². The van der Waals surface area contributed by atoms with Crippen molar-refractivity contribution in [1.82, 2.24) is 9.47 Å². The van der Waals surface area contributed by atoms with Crippen LogP contribution in [0.5, 0.6) is 0 Å². The van der Waals surface area contributed by atoms with Gasteiger partial charge < -0.3 is 14.6 Å². The van der Waals surface area contributed by atoms with Gasteiger partial charge in [-0.2, -0.15) is 0 Å². The number of aromatic nitrogens is 1. The molecule has 1 aromatic carbocycles. The number of hydrogen-bond donors (Lipinski definition) is 1. The van der Waals surface area contributed by atoms with Crippen molar-refractivity contribution < 1.29 is 9.90 Å². The molecule has 0 bridgehead atoms. The van der Waals surface area contributed by atoms with Gasteiger partial charge in [-0.05, 0) is 41.5 Å². The highest BCUT2D eigenvalue weighted by molar-refractivity contribution is 7.13. The summed E-state index contributed by atoms with van der Waals surface area (Å²) in [5.74, 6) is -0.112. The molecule has 5 rings (SSSR count). The van der Waals surface area contributed by atoms with Crippen LogP contribution in [0, 0.1) is 0 Å². The molecular formula is C22H20N2O3S. The first-order valence-electron chi connectivity index (χ1n) is 9.51. The third-order valence-corrected chi connectivity index (χ3v) is 6.59. The van der Waals surface area contributed by atoms with Crippen LogP contribution in [0.4, 0.5) is 0 Å². The molecule has 0 saturated carbocycles. The number of aryl methyl sites for hydroxylation is 1. The predicted octanol–water partition coefficient (Wildman–Crippen LogP) is 3.01. The van der Waals surface area contributed by atoms with Crippen molar-refractivity contribution in [2.24, 2.45) is 0 Å². The maximum atomic E-state index is 13.4. The summed E-state index contributed by atoms with van der Waals surface area (Å²) in [5.41, 5.74) is 3.77. The fraction of sp³-hybridized carbons (Fsp3) is 0.273. The number of aliphatic hydroxyl groups is 1. The topological polar surface area (TPSA) is 62.5 Å². The van der Waals surface area contributed by atoms with Crippen molar-refractivity contribution >= 4 is 17.2 Å². The zero-order chi connectivity index (χ0) is 19.3. The maximum absolute atomic E-state index is 13.4. The van der Waals surface area contributed by atoms with Crippen molar-refractivity contribution in [3.8, 4) is 21.7 Å². The van der Waals surface area contributed by atoms with E-state index in [1.807, 2.05) is 35.7 Å². The van der Waals surface area contributed by atoms with Crippen LogP contribution in [-0.2, 0) is 13.0 Å². The van der Waals surface area contributed by atoms with Gasteiger partial charge in [0.25, 0.3) is 11.5 Å². The predicted molar refractivity (Wildman–Crippen MR) is 110 cm³/mol. The standard InChI is InChI=1S/C22H20N2O3S/c25-16-7-9-23(13-16)21(26)18-12-17(14-4-2-1-3-5-14)22(27)24-10-6-15-8-11-28-20(15)19(18)24/h1-5,8,11-12,16,25H,6-7,9-10,13H2. The van der Waals surface area contributed by atoms with Crippen molar-refractivity contribution in [1.29, 1.82) is 0 Å². The Morgan fingerprint density at radius 1 is 1.14 bits per heavy atom. The van der Waals surface area contributed by atoms with E-state index in [-0.39, 0.29) is 11.5 Å². The first kappa shape index (κ1) is 17.4. The van der Waals surface area contributed by atoms with Crippen LogP contribution in [0.1, 0.15) is 22.3 Å². The summed E-state index contributed by atoms with van der Waals surface area (Å²) in [7, 11) is 0. The largest absolute Gasteiger partial charge is 0.391 e. The number of hydrogen-bond acceptors (Lipinski definition) is 4. The monoisotopic (exact) mass is 392 g/mol. The smallest absolute Gasteiger partial charge is 0.258 e. The van der Waals surface area contributed by atoms with E-state index in [1.165, 1.54) is 5.56 Å². The van der Waals surface area contributed by atoms with Gasteiger partial charge in [-0.3, -0.25) is 9.59 Å². The number of amides is 1. The normalized spacial score (nSPS) is 18.0. The van der Waals surface area contributed by atoms with Crippen LogP contribution in [0.3, 0.4) is 0 Å². The lowest BCUT2D eigenvalue weighted by molar-refractivity contribution is 0.0765. The summed E-state index contributed by atoms with van der Waals surface area (Å²) in [6.45, 7) is 1.45. The number of β-amino-alcohol motifs (C(OH)–C–C–N with tert-alkyl or cyclic N) is 1. The molecule has 2 aliphatic heterocycles. The van der Waals surface area contributed by atoms with E-state index in [9.17, 15) is 14.7 Å². The SMILES string of the molecule is O=C(c1cc(-c2ccccc2)c(=O)n2c1-c1sccc1CC2)N1CCC(O)C1. The summed E-state index contributed by atoms with van der Waals surface area (Å²) in [6, 6.07) is 13.3. The summed E-state index contributed by atoms with van der Waals surface area (Å²) in [5, 5.41) is 11.9. The van der Waals surface area contributed by atoms with Crippen LogP contribution < -0.4 is 5.56 Å². The Morgan fingerprint density at radius 3 is 2.71 bits per heavy atom. The highest BCUT2D eigenvalue weighted by Gasteiger charge is 2.31. The molecule has 0 spiro atoms. The molecular weight excluding hydrogens is 372 g/mol. The average molecular weight is 392 g/mol. The molecule has 1 unspecified atom stereocenters. The molecule has 6 heteroatoms. The average Bonchev–Trinajstić information content (AvgIpc) is 3.37. The molecule has 3 aromatic rings. The minimum absolute atomic E-state index is 0.0572. The van der Waals surface area contributed by atoms with Gasteiger partial charge in [0.15, 0.2) is 0 Å². The Labute approximate surface area is 166 Å². The summed E-state index contributed by atoms with van der Waals surface area (Å²) in [6.07, 6.45) is 0.911. The van der Waals surface area contributed by atoms with Gasteiger partial charge in [0.1, 0.15) is 0 Å². The number of aliphatic hydroxyl groups excluding tert-OH is 1. The molecule has 1 atom stereocenters. The molecule has 5 nitrogen and oxygen atoms in total. The molecule has 1 N–H and O–H groups in total. The molecule has 2 aromatic heterocycles. The molecule has 0 radical (unpaired) electrons. The molecule has 1 fully saturated rings. The molecule has 0 aliphatic carbocycles. The van der Waals surface area contributed by atoms with Crippen molar-refractivity contribution in [3.05, 3.63) is 69.3 Å². The summed E-state index contributed by atoms with van der Waals surface area (Å²) in [4.78, 5) is 29.4. The van der Waals surface area contributed by atoms with Crippen LogP contribution in [0.2, 0.25) is 0 Å². The van der Waals surface area contributed by atoms with E-state index in [2.05, 4.69) is 6.07 Å². The van der Waals surface area contributed by atoms with Gasteiger partial charge in [0.05, 0.1) is 22.2 Å². The number of thiophene rings is 1. The number of pyridine rings is 1. The van der Waals surface area contributed by atoms with Crippen LogP contribution in [-0.4, -0.2) is 39.7 Å². The number of carbonyl (C=O) groups is 1. The molecule has 4 heterocycles. The van der Waals surface area contributed by atoms with Gasteiger partial charge >= 0.3 is 0 Å². The van der Waals surface area contributed by atoms with E-state index < -0.39 is 6.10 Å². The zero-order valence-corrected chi connectivity index (χ0v) is 16.1. The van der Waals surface area contributed by atoms with E-state index >= 15 is 0 Å². The third-order valence-electron chi connectivity index (χ3n) is 5.62. The summed E-state index contributed by atoms with van der Waals surface area (Å²) < 4.78 is 1.76. The molecule has 1 amide bonds. The summed E-state index contributed by atoms with van der Waals surface area (Å²) >= 11 is 1.57. The van der Waals surface area contributed by atoms with Gasteiger partial charge in [0.2, 0.25) is 0 Å². The number of nitrogens with zero attached hydrogens (tertiary/aromatic N) is 2. The van der Waals surface area contributed by atoms with E-state index in [0.717, 1.165) is 22.6 Å². The number of likely N-dealkylation sites (tertiary alicyclic amines) is 1. The van der Waals surface area contributed by atoms with Crippen LogP contribution >= 0.6 is 11.3 Å². The van der Waals surface area contributed by atoms with E-state index in [1.54, 1.807) is 26.9 Å². The first-order valence-corrected chi connectivity index (χ1v) is 10.4. The minimum Gasteiger partial charge on any atom is -0.391 e. The van der Waals surface area contributed by atoms with Gasteiger partial charge in [-0.25, -0.2) is 0 Å². The van der Waals surface area contributed by atoms with Crippen molar-refractivity contribution in [2.75, 3.05) is 13.1 Å². The third kappa shape index (κ3) is 2.72. The quantitative estimate of drug-likeness (QED) is 0.729. The number of rotatable bonds is 2. The highest BCUT2D eigenvalue weighted by Crippen LogP contribution is 2.37. The lowest BCUT2D eigenvalue weighted by Crippen LogP contribution is -2.34. The lowest BCUT2D eigenvalue weighted by Gasteiger charge is -2.25.